The monoisotopic (exact) mass is 449 g/mol. The number of carbonyl (C=O) groups is 1. The third kappa shape index (κ3) is 5.64. The molecule has 0 aliphatic carbocycles. The van der Waals surface area contributed by atoms with Crippen molar-refractivity contribution in [3.8, 4) is 0 Å². The van der Waals surface area contributed by atoms with E-state index in [1.54, 1.807) is 31.4 Å². The lowest BCUT2D eigenvalue weighted by molar-refractivity contribution is -0.137. The first kappa shape index (κ1) is 22.4. The summed E-state index contributed by atoms with van der Waals surface area (Å²) in [6.07, 6.45) is -2.92. The van der Waals surface area contributed by atoms with Crippen LogP contribution >= 0.6 is 11.6 Å². The van der Waals surface area contributed by atoms with E-state index in [2.05, 4.69) is 25.9 Å². The van der Waals surface area contributed by atoms with Crippen LogP contribution < -0.4 is 16.0 Å². The Morgan fingerprint density at radius 2 is 1.94 bits per heavy atom. The van der Waals surface area contributed by atoms with Crippen LogP contribution in [-0.2, 0) is 12.7 Å². The Hall–Kier alpha value is -3.33. The van der Waals surface area contributed by atoms with Gasteiger partial charge in [0.1, 0.15) is 5.82 Å². The molecule has 0 aliphatic heterocycles. The number of alkyl halides is 3. The van der Waals surface area contributed by atoms with Crippen LogP contribution in [0.25, 0.3) is 0 Å². The van der Waals surface area contributed by atoms with Crippen LogP contribution in [0.4, 0.5) is 30.4 Å². The summed E-state index contributed by atoms with van der Waals surface area (Å²) in [6.45, 7) is 2.28. The summed E-state index contributed by atoms with van der Waals surface area (Å²) in [4.78, 5) is 20.5. The highest BCUT2D eigenvalue weighted by Crippen LogP contribution is 2.30. The molecule has 0 unspecified atom stereocenters. The first-order valence-corrected chi connectivity index (χ1v) is 9.57. The van der Waals surface area contributed by atoms with Crippen molar-refractivity contribution in [1.29, 1.82) is 0 Å². The van der Waals surface area contributed by atoms with Crippen molar-refractivity contribution in [3.63, 3.8) is 0 Å². The highest BCUT2D eigenvalue weighted by atomic mass is 35.5. The number of anilines is 3. The van der Waals surface area contributed by atoms with Crippen molar-refractivity contribution >= 4 is 34.7 Å². The quantitative estimate of drug-likeness (QED) is 0.441. The Balaban J connectivity index is 1.75. The molecular weight excluding hydrogens is 431 g/mol. The second-order valence-corrected chi connectivity index (χ2v) is 7.02. The number of amides is 1. The minimum atomic E-state index is -4.52. The van der Waals surface area contributed by atoms with E-state index in [4.69, 9.17) is 11.6 Å². The molecule has 6 nitrogen and oxygen atoms in total. The normalized spacial score (nSPS) is 11.2. The minimum Gasteiger partial charge on any atom is -0.380 e. The maximum atomic E-state index is 12.9. The van der Waals surface area contributed by atoms with Gasteiger partial charge in [-0.3, -0.25) is 4.79 Å². The van der Waals surface area contributed by atoms with Gasteiger partial charge in [-0.25, -0.2) is 9.97 Å². The second kappa shape index (κ2) is 9.22. The van der Waals surface area contributed by atoms with Crippen molar-refractivity contribution < 1.29 is 18.0 Å². The molecule has 0 atom stereocenters. The molecule has 1 heterocycles. The Kier molecular flexibility index (Phi) is 6.65. The van der Waals surface area contributed by atoms with Crippen LogP contribution in [0.3, 0.4) is 0 Å². The maximum Gasteiger partial charge on any atom is 0.416 e. The van der Waals surface area contributed by atoms with Crippen molar-refractivity contribution in [2.75, 3.05) is 23.0 Å². The number of aryl methyl sites for hydroxylation is 1. The number of hydrogen-bond acceptors (Lipinski definition) is 5. The molecule has 0 saturated carbocycles. The first-order valence-electron chi connectivity index (χ1n) is 9.19. The van der Waals surface area contributed by atoms with E-state index in [9.17, 15) is 18.0 Å². The number of halogens is 4. The number of benzene rings is 2. The summed E-state index contributed by atoms with van der Waals surface area (Å²) in [5.41, 5.74) is 1.91. The van der Waals surface area contributed by atoms with Gasteiger partial charge in [0.25, 0.3) is 5.91 Å². The van der Waals surface area contributed by atoms with Gasteiger partial charge in [0.2, 0.25) is 5.28 Å². The Morgan fingerprint density at radius 1 is 1.16 bits per heavy atom. The predicted molar refractivity (Wildman–Crippen MR) is 114 cm³/mol. The molecule has 2 aromatic carbocycles. The third-order valence-corrected chi connectivity index (χ3v) is 4.67. The number of aromatic nitrogens is 2. The van der Waals surface area contributed by atoms with Gasteiger partial charge < -0.3 is 16.0 Å². The van der Waals surface area contributed by atoms with Crippen LogP contribution in [0.5, 0.6) is 0 Å². The van der Waals surface area contributed by atoms with Crippen LogP contribution in [0.1, 0.15) is 27.0 Å². The molecule has 162 valence electrons. The molecule has 0 spiro atoms. The Morgan fingerprint density at radius 3 is 2.65 bits per heavy atom. The van der Waals surface area contributed by atoms with Crippen LogP contribution in [0.15, 0.2) is 48.7 Å². The van der Waals surface area contributed by atoms with Crippen LogP contribution in [0.2, 0.25) is 5.28 Å². The van der Waals surface area contributed by atoms with Crippen LogP contribution in [0, 0.1) is 6.92 Å². The fourth-order valence-corrected chi connectivity index (χ4v) is 2.99. The van der Waals surface area contributed by atoms with Gasteiger partial charge in [0, 0.05) is 42.3 Å². The molecule has 0 bridgehead atoms. The number of carbonyl (C=O) groups excluding carboxylic acids is 1. The first-order chi connectivity index (χ1) is 14.7. The largest absolute Gasteiger partial charge is 0.416 e. The topological polar surface area (TPSA) is 78.9 Å². The number of nitrogens with one attached hydrogen (secondary N) is 3. The lowest BCUT2D eigenvalue weighted by Crippen LogP contribution is -2.14. The Bertz CT molecular complexity index is 1100. The lowest BCUT2D eigenvalue weighted by atomic mass is 10.1. The molecular formula is C21H19ClF3N5O. The summed E-state index contributed by atoms with van der Waals surface area (Å²) in [5, 5.41) is 8.95. The Labute approximate surface area is 181 Å². The molecule has 1 amide bonds. The molecule has 10 heteroatoms. The lowest BCUT2D eigenvalue weighted by Gasteiger charge is -2.14. The van der Waals surface area contributed by atoms with E-state index in [1.807, 2.05) is 6.92 Å². The second-order valence-electron chi connectivity index (χ2n) is 6.68. The molecule has 0 radical (unpaired) electrons. The summed E-state index contributed by atoms with van der Waals surface area (Å²) in [6, 6.07) is 9.45. The van der Waals surface area contributed by atoms with Gasteiger partial charge in [-0.1, -0.05) is 12.1 Å². The number of nitrogens with zero attached hydrogens (tertiary/aromatic N) is 2. The standard InChI is InChI=1S/C21H19ClF3N5O/c1-12-6-7-16(29-19(31)13-4-3-5-15(8-13)21(23,24)25)9-17(12)27-10-14-11-28-20(22)30-18(14)26-2/h3-9,11,27H,10H2,1-2H3,(H,29,31)(H,26,28,30). The summed E-state index contributed by atoms with van der Waals surface area (Å²) in [7, 11) is 1.72. The molecule has 3 rings (SSSR count). The average molecular weight is 450 g/mol. The van der Waals surface area contributed by atoms with Crippen molar-refractivity contribution in [3.05, 3.63) is 76.2 Å². The third-order valence-electron chi connectivity index (χ3n) is 4.49. The van der Waals surface area contributed by atoms with Crippen LogP contribution in [-0.4, -0.2) is 22.9 Å². The molecule has 0 saturated heterocycles. The fourth-order valence-electron chi connectivity index (χ4n) is 2.85. The summed E-state index contributed by atoms with van der Waals surface area (Å²) < 4.78 is 38.7. The number of rotatable bonds is 6. The van der Waals surface area contributed by atoms with Gasteiger partial charge in [0.05, 0.1) is 5.56 Å². The van der Waals surface area contributed by atoms with Gasteiger partial charge in [0.15, 0.2) is 0 Å². The zero-order chi connectivity index (χ0) is 22.6. The molecule has 1 aromatic heterocycles. The highest BCUT2D eigenvalue weighted by Gasteiger charge is 2.30. The van der Waals surface area contributed by atoms with Crippen molar-refractivity contribution in [2.24, 2.45) is 0 Å². The van der Waals surface area contributed by atoms with E-state index in [1.165, 1.54) is 12.1 Å². The summed E-state index contributed by atoms with van der Waals surface area (Å²) in [5.74, 6) is -0.0522. The fraction of sp³-hybridized carbons (Fsp3) is 0.190. The van der Waals surface area contributed by atoms with Gasteiger partial charge in [-0.2, -0.15) is 13.2 Å². The van der Waals surface area contributed by atoms with Gasteiger partial charge in [-0.05, 0) is 54.4 Å². The smallest absolute Gasteiger partial charge is 0.380 e. The zero-order valence-corrected chi connectivity index (χ0v) is 17.4. The minimum absolute atomic E-state index is 0.0816. The molecule has 0 aliphatic rings. The highest BCUT2D eigenvalue weighted by molar-refractivity contribution is 6.28. The molecule has 3 aromatic rings. The van der Waals surface area contributed by atoms with Crippen molar-refractivity contribution in [1.82, 2.24) is 9.97 Å². The molecule has 3 N–H and O–H groups in total. The number of hydrogen-bond donors (Lipinski definition) is 3. The van der Waals surface area contributed by atoms with E-state index in [0.29, 0.717) is 18.1 Å². The van der Waals surface area contributed by atoms with E-state index in [0.717, 1.165) is 28.9 Å². The van der Waals surface area contributed by atoms with E-state index >= 15 is 0 Å². The van der Waals surface area contributed by atoms with E-state index < -0.39 is 17.6 Å². The zero-order valence-electron chi connectivity index (χ0n) is 16.6. The average Bonchev–Trinajstić information content (AvgIpc) is 2.74. The summed E-state index contributed by atoms with van der Waals surface area (Å²) >= 11 is 5.81. The predicted octanol–water partition coefficient (Wildman–Crippen LogP) is 5.36. The maximum absolute atomic E-state index is 12.9. The van der Waals surface area contributed by atoms with E-state index in [-0.39, 0.29) is 10.8 Å². The van der Waals surface area contributed by atoms with Gasteiger partial charge >= 0.3 is 6.18 Å². The SMILES string of the molecule is CNc1nc(Cl)ncc1CNc1cc(NC(=O)c2cccc(C(F)(F)F)c2)ccc1C. The van der Waals surface area contributed by atoms with Crippen molar-refractivity contribution in [2.45, 2.75) is 19.6 Å². The molecule has 31 heavy (non-hydrogen) atoms. The molecule has 0 fully saturated rings. The van der Waals surface area contributed by atoms with Gasteiger partial charge in [-0.15, -0.1) is 0 Å².